The smallest absolute Gasteiger partial charge is 0.259 e. The zero-order valence-corrected chi connectivity index (χ0v) is 15.9. The number of furan rings is 1. The molecule has 1 heterocycles. The van der Waals surface area contributed by atoms with E-state index < -0.39 is 0 Å². The summed E-state index contributed by atoms with van der Waals surface area (Å²) in [7, 11) is 0. The lowest BCUT2D eigenvalue weighted by Crippen LogP contribution is -2.13. The normalized spacial score (nSPS) is 10.6. The Morgan fingerprint density at radius 2 is 1.21 bits per heavy atom. The van der Waals surface area contributed by atoms with Crippen LogP contribution in [0.5, 0.6) is 0 Å². The maximum atomic E-state index is 13.0. The molecule has 28 heavy (non-hydrogen) atoms. The van der Waals surface area contributed by atoms with Crippen LogP contribution < -0.4 is 5.32 Å². The van der Waals surface area contributed by atoms with Crippen molar-refractivity contribution in [2.75, 3.05) is 5.32 Å². The average Bonchev–Trinajstić information content (AvgIpc) is 3.03. The van der Waals surface area contributed by atoms with Crippen LogP contribution in [0.25, 0.3) is 22.3 Å². The molecule has 0 fully saturated rings. The molecule has 0 radical (unpaired) electrons. The maximum absolute atomic E-state index is 13.0. The molecule has 1 aromatic heterocycles. The third-order valence-electron chi connectivity index (χ3n) is 4.80. The lowest BCUT2D eigenvalue weighted by molar-refractivity contribution is 0.102. The summed E-state index contributed by atoms with van der Waals surface area (Å²) in [5.74, 6) is 1.20. The molecule has 0 unspecified atom stereocenters. The minimum Gasteiger partial charge on any atom is -0.465 e. The Bertz CT molecular complexity index is 1090. The van der Waals surface area contributed by atoms with E-state index >= 15 is 0 Å². The molecular formula is C25H21NO2. The molecule has 0 saturated heterocycles. The lowest BCUT2D eigenvalue weighted by atomic mass is 10.00. The van der Waals surface area contributed by atoms with Gasteiger partial charge in [-0.25, -0.2) is 0 Å². The molecular weight excluding hydrogens is 346 g/mol. The molecule has 138 valence electrons. The summed E-state index contributed by atoms with van der Waals surface area (Å²) in [6, 6.07) is 27.9. The summed E-state index contributed by atoms with van der Waals surface area (Å²) in [5.41, 5.74) is 5.41. The van der Waals surface area contributed by atoms with Gasteiger partial charge >= 0.3 is 0 Å². The number of aryl methyl sites for hydroxylation is 2. The number of rotatable bonds is 4. The van der Waals surface area contributed by atoms with Crippen molar-refractivity contribution in [2.45, 2.75) is 13.8 Å². The summed E-state index contributed by atoms with van der Waals surface area (Å²) in [4.78, 5) is 13.0. The van der Waals surface area contributed by atoms with Crippen molar-refractivity contribution in [3.63, 3.8) is 0 Å². The molecule has 4 aromatic rings. The predicted octanol–water partition coefficient (Wildman–Crippen LogP) is 6.48. The Kier molecular flexibility index (Phi) is 4.81. The van der Waals surface area contributed by atoms with E-state index in [1.165, 1.54) is 0 Å². The van der Waals surface area contributed by atoms with Crippen molar-refractivity contribution in [1.29, 1.82) is 0 Å². The number of nitrogens with one attached hydrogen (secondary N) is 1. The fraction of sp³-hybridized carbons (Fsp3) is 0.0800. The lowest BCUT2D eigenvalue weighted by Gasteiger charge is -2.09. The number of hydrogen-bond acceptors (Lipinski definition) is 2. The third-order valence-corrected chi connectivity index (χ3v) is 4.80. The highest BCUT2D eigenvalue weighted by Gasteiger charge is 2.22. The van der Waals surface area contributed by atoms with E-state index in [1.807, 2.05) is 86.6 Å². The molecule has 0 saturated carbocycles. The van der Waals surface area contributed by atoms with Crippen LogP contribution in [-0.4, -0.2) is 5.91 Å². The Morgan fingerprint density at radius 3 is 1.82 bits per heavy atom. The summed E-state index contributed by atoms with van der Waals surface area (Å²) < 4.78 is 5.78. The van der Waals surface area contributed by atoms with Gasteiger partial charge in [-0.3, -0.25) is 4.79 Å². The number of benzene rings is 3. The van der Waals surface area contributed by atoms with Crippen molar-refractivity contribution in [3.8, 4) is 22.3 Å². The standard InChI is InChI=1S/C25H21NO2/c1-17-23(21-11-7-4-8-12-21)24(18(2)28-17)25(27)26-22-15-13-20(14-16-22)19-9-5-3-6-10-19/h3-16H,1-2H3,(H,26,27). The first-order valence-corrected chi connectivity index (χ1v) is 9.26. The highest BCUT2D eigenvalue weighted by atomic mass is 16.3. The van der Waals surface area contributed by atoms with E-state index in [9.17, 15) is 4.79 Å². The van der Waals surface area contributed by atoms with Crippen molar-refractivity contribution >= 4 is 11.6 Å². The van der Waals surface area contributed by atoms with E-state index in [1.54, 1.807) is 0 Å². The molecule has 1 N–H and O–H groups in total. The Morgan fingerprint density at radius 1 is 0.679 bits per heavy atom. The molecule has 0 atom stereocenters. The molecule has 3 heteroatoms. The van der Waals surface area contributed by atoms with Gasteiger partial charge in [0.1, 0.15) is 11.5 Å². The maximum Gasteiger partial charge on any atom is 0.259 e. The van der Waals surface area contributed by atoms with Crippen LogP contribution in [-0.2, 0) is 0 Å². The first-order valence-electron chi connectivity index (χ1n) is 9.26. The second-order valence-electron chi connectivity index (χ2n) is 6.73. The van der Waals surface area contributed by atoms with E-state index in [4.69, 9.17) is 4.42 Å². The van der Waals surface area contributed by atoms with E-state index in [-0.39, 0.29) is 5.91 Å². The monoisotopic (exact) mass is 367 g/mol. The van der Waals surface area contributed by atoms with E-state index in [2.05, 4.69) is 17.4 Å². The van der Waals surface area contributed by atoms with Gasteiger partial charge < -0.3 is 9.73 Å². The third kappa shape index (κ3) is 3.47. The number of anilines is 1. The van der Waals surface area contributed by atoms with Gasteiger partial charge in [-0.2, -0.15) is 0 Å². The number of carbonyl (C=O) groups is 1. The van der Waals surface area contributed by atoms with Gasteiger partial charge in [0.15, 0.2) is 0 Å². The molecule has 4 rings (SSSR count). The van der Waals surface area contributed by atoms with Crippen LogP contribution in [0.4, 0.5) is 5.69 Å². The first kappa shape index (κ1) is 17.8. The largest absolute Gasteiger partial charge is 0.465 e. The van der Waals surface area contributed by atoms with Gasteiger partial charge in [-0.05, 0) is 42.7 Å². The fourth-order valence-electron chi connectivity index (χ4n) is 3.48. The van der Waals surface area contributed by atoms with Gasteiger partial charge in [-0.15, -0.1) is 0 Å². The van der Waals surface area contributed by atoms with Crippen molar-refractivity contribution in [3.05, 3.63) is 102 Å². The fourth-order valence-corrected chi connectivity index (χ4v) is 3.48. The topological polar surface area (TPSA) is 42.2 Å². The highest BCUT2D eigenvalue weighted by Crippen LogP contribution is 2.32. The average molecular weight is 367 g/mol. The number of hydrogen-bond donors (Lipinski definition) is 1. The predicted molar refractivity (Wildman–Crippen MR) is 113 cm³/mol. The van der Waals surface area contributed by atoms with Gasteiger partial charge in [-0.1, -0.05) is 72.8 Å². The molecule has 3 aromatic carbocycles. The van der Waals surface area contributed by atoms with Crippen LogP contribution in [0.1, 0.15) is 21.9 Å². The van der Waals surface area contributed by atoms with Gasteiger partial charge in [0.2, 0.25) is 0 Å². The van der Waals surface area contributed by atoms with Crippen LogP contribution in [0.3, 0.4) is 0 Å². The molecule has 3 nitrogen and oxygen atoms in total. The Labute approximate surface area is 164 Å². The zero-order valence-electron chi connectivity index (χ0n) is 15.9. The quantitative estimate of drug-likeness (QED) is 0.448. The molecule has 0 aliphatic heterocycles. The molecule has 1 amide bonds. The van der Waals surface area contributed by atoms with Crippen LogP contribution >= 0.6 is 0 Å². The van der Waals surface area contributed by atoms with E-state index in [0.717, 1.165) is 33.7 Å². The summed E-state index contributed by atoms with van der Waals surface area (Å²) in [6.45, 7) is 3.72. The minimum absolute atomic E-state index is 0.166. The van der Waals surface area contributed by atoms with E-state index in [0.29, 0.717) is 11.3 Å². The van der Waals surface area contributed by atoms with Gasteiger partial charge in [0.05, 0.1) is 5.56 Å². The Hall–Kier alpha value is -3.59. The SMILES string of the molecule is Cc1oc(C)c(-c2ccccc2)c1C(=O)Nc1ccc(-c2ccccc2)cc1. The minimum atomic E-state index is -0.166. The van der Waals surface area contributed by atoms with Gasteiger partial charge in [0.25, 0.3) is 5.91 Å². The Balaban J connectivity index is 1.61. The second kappa shape index (κ2) is 7.57. The number of amides is 1. The molecule has 0 spiro atoms. The first-order chi connectivity index (χ1) is 13.6. The zero-order chi connectivity index (χ0) is 19.5. The summed E-state index contributed by atoms with van der Waals surface area (Å²) in [5, 5.41) is 3.00. The van der Waals surface area contributed by atoms with Gasteiger partial charge in [0, 0.05) is 11.3 Å². The second-order valence-corrected chi connectivity index (χ2v) is 6.73. The highest BCUT2D eigenvalue weighted by molar-refractivity contribution is 6.10. The summed E-state index contributed by atoms with van der Waals surface area (Å²) in [6.07, 6.45) is 0. The van der Waals surface area contributed by atoms with Crippen molar-refractivity contribution in [2.24, 2.45) is 0 Å². The van der Waals surface area contributed by atoms with Crippen molar-refractivity contribution < 1.29 is 9.21 Å². The van der Waals surface area contributed by atoms with Crippen LogP contribution in [0.2, 0.25) is 0 Å². The van der Waals surface area contributed by atoms with Crippen LogP contribution in [0, 0.1) is 13.8 Å². The molecule has 0 aliphatic rings. The van der Waals surface area contributed by atoms with Crippen molar-refractivity contribution in [1.82, 2.24) is 0 Å². The summed E-state index contributed by atoms with van der Waals surface area (Å²) >= 11 is 0. The molecule has 0 aliphatic carbocycles. The molecule has 0 bridgehead atoms. The van der Waals surface area contributed by atoms with Crippen LogP contribution in [0.15, 0.2) is 89.3 Å². The number of carbonyl (C=O) groups excluding carboxylic acids is 1.